The number of nitrogens with one attached hydrogen (secondary N) is 3. The molecule has 154 valence electrons. The number of rotatable bonds is 5. The summed E-state index contributed by atoms with van der Waals surface area (Å²) in [6.07, 6.45) is 3.27. The fourth-order valence-corrected chi connectivity index (χ4v) is 4.29. The third kappa shape index (κ3) is 3.57. The van der Waals surface area contributed by atoms with Gasteiger partial charge in [0.25, 0.3) is 5.56 Å². The van der Waals surface area contributed by atoms with E-state index in [0.717, 1.165) is 53.8 Å². The molecule has 1 aliphatic heterocycles. The number of fused-ring (bicyclic) bond motifs is 1. The molecule has 3 N–H and O–H groups in total. The van der Waals surface area contributed by atoms with Crippen molar-refractivity contribution in [3.05, 3.63) is 81.5 Å². The number of para-hydroxylation sites is 2. The molecule has 2 aromatic carbocycles. The van der Waals surface area contributed by atoms with E-state index in [4.69, 9.17) is 0 Å². The zero-order valence-corrected chi connectivity index (χ0v) is 16.6. The number of aromatic amines is 2. The van der Waals surface area contributed by atoms with Crippen molar-refractivity contribution in [2.75, 3.05) is 13.1 Å². The van der Waals surface area contributed by atoms with Crippen LogP contribution < -0.4 is 10.9 Å². The van der Waals surface area contributed by atoms with E-state index < -0.39 is 0 Å². The van der Waals surface area contributed by atoms with Gasteiger partial charge < -0.3 is 10.3 Å². The molecule has 1 aliphatic rings. The summed E-state index contributed by atoms with van der Waals surface area (Å²) in [6, 6.07) is 14.2. The molecule has 0 radical (unpaired) electrons. The Morgan fingerprint density at radius 1 is 1.03 bits per heavy atom. The van der Waals surface area contributed by atoms with Crippen LogP contribution in [0.4, 0.5) is 4.39 Å². The van der Waals surface area contributed by atoms with Gasteiger partial charge in [0.1, 0.15) is 5.82 Å². The number of aryl methyl sites for hydroxylation is 1. The number of piperidine rings is 1. The van der Waals surface area contributed by atoms with E-state index in [-0.39, 0.29) is 11.4 Å². The van der Waals surface area contributed by atoms with Crippen LogP contribution in [-0.2, 0) is 12.8 Å². The van der Waals surface area contributed by atoms with Crippen LogP contribution in [0.3, 0.4) is 0 Å². The fourth-order valence-electron chi connectivity index (χ4n) is 4.29. The Morgan fingerprint density at radius 2 is 1.80 bits per heavy atom. The minimum atomic E-state index is -0.247. The van der Waals surface area contributed by atoms with E-state index in [0.29, 0.717) is 24.7 Å². The van der Waals surface area contributed by atoms with Gasteiger partial charge in [0.05, 0.1) is 11.0 Å². The number of H-pyrrole nitrogens is 2. The van der Waals surface area contributed by atoms with E-state index in [1.807, 2.05) is 24.3 Å². The van der Waals surface area contributed by atoms with Crippen LogP contribution in [0.15, 0.2) is 53.3 Å². The normalized spacial score (nSPS) is 15.1. The minimum absolute atomic E-state index is 0.0651. The van der Waals surface area contributed by atoms with Gasteiger partial charge in [-0.25, -0.2) is 9.37 Å². The summed E-state index contributed by atoms with van der Waals surface area (Å²) in [5, 5.41) is 6.75. The van der Waals surface area contributed by atoms with E-state index in [9.17, 15) is 9.18 Å². The highest BCUT2D eigenvalue weighted by molar-refractivity contribution is 5.75. The molecular weight excluding hydrogens is 381 g/mol. The number of benzene rings is 2. The average Bonchev–Trinajstić information content (AvgIpc) is 3.35. The third-order valence-corrected chi connectivity index (χ3v) is 5.93. The summed E-state index contributed by atoms with van der Waals surface area (Å²) in [6.45, 7) is 1.89. The molecule has 0 spiro atoms. The largest absolute Gasteiger partial charge is 0.322 e. The smallest absolute Gasteiger partial charge is 0.277 e. The van der Waals surface area contributed by atoms with Crippen molar-refractivity contribution in [1.82, 2.24) is 25.1 Å². The van der Waals surface area contributed by atoms with Gasteiger partial charge in [-0.15, -0.1) is 0 Å². The van der Waals surface area contributed by atoms with Gasteiger partial charge in [0, 0.05) is 17.2 Å². The number of nitrogens with zero attached hydrogens (tertiary/aromatic N) is 2. The molecule has 0 bridgehead atoms. The summed E-state index contributed by atoms with van der Waals surface area (Å²) in [5.41, 5.74) is 4.47. The summed E-state index contributed by atoms with van der Waals surface area (Å²) >= 11 is 0. The van der Waals surface area contributed by atoms with Gasteiger partial charge in [-0.05, 0) is 68.6 Å². The molecule has 4 aromatic rings. The van der Waals surface area contributed by atoms with Gasteiger partial charge in [0.2, 0.25) is 5.95 Å². The molecule has 6 nitrogen and oxygen atoms in total. The number of aromatic nitrogens is 4. The minimum Gasteiger partial charge on any atom is -0.322 e. The van der Waals surface area contributed by atoms with Gasteiger partial charge >= 0.3 is 0 Å². The molecule has 0 unspecified atom stereocenters. The molecule has 0 saturated carbocycles. The molecular formula is C23H24FN5O. The van der Waals surface area contributed by atoms with Gasteiger partial charge in [-0.2, -0.15) is 4.68 Å². The number of halogens is 1. The number of hydrogen-bond donors (Lipinski definition) is 3. The Kier molecular flexibility index (Phi) is 4.96. The third-order valence-electron chi connectivity index (χ3n) is 5.93. The van der Waals surface area contributed by atoms with Crippen molar-refractivity contribution >= 4 is 11.0 Å². The number of hydrogen-bond acceptors (Lipinski definition) is 3. The summed E-state index contributed by atoms with van der Waals surface area (Å²) in [7, 11) is 0. The Bertz CT molecular complexity index is 1180. The zero-order chi connectivity index (χ0) is 20.5. The summed E-state index contributed by atoms with van der Waals surface area (Å²) < 4.78 is 14.8. The lowest BCUT2D eigenvalue weighted by Crippen LogP contribution is -2.27. The predicted octanol–water partition coefficient (Wildman–Crippen LogP) is 3.43. The molecule has 7 heteroatoms. The molecule has 0 aliphatic carbocycles. The fraction of sp³-hybridized carbons (Fsp3) is 0.304. The first-order chi connectivity index (χ1) is 14.7. The van der Waals surface area contributed by atoms with Crippen LogP contribution in [0.1, 0.15) is 35.6 Å². The first-order valence-electron chi connectivity index (χ1n) is 10.4. The van der Waals surface area contributed by atoms with Crippen LogP contribution in [-0.4, -0.2) is 32.8 Å². The highest BCUT2D eigenvalue weighted by Crippen LogP contribution is 2.27. The van der Waals surface area contributed by atoms with Crippen LogP contribution >= 0.6 is 0 Å². The molecule has 1 saturated heterocycles. The molecule has 30 heavy (non-hydrogen) atoms. The zero-order valence-electron chi connectivity index (χ0n) is 16.6. The summed E-state index contributed by atoms with van der Waals surface area (Å²) in [4.78, 5) is 21.2. The molecule has 0 amide bonds. The SMILES string of the molecule is O=c1c(CCc2ccc(F)cc2)c(C2CCNCC2)[nH]n1-c1nc2ccccc2[nH]1. The average molecular weight is 405 g/mol. The summed E-state index contributed by atoms with van der Waals surface area (Å²) in [5.74, 6) is 0.570. The second kappa shape index (κ2) is 7.91. The lowest BCUT2D eigenvalue weighted by molar-refractivity contribution is 0.449. The van der Waals surface area contributed by atoms with Gasteiger partial charge in [-0.1, -0.05) is 24.3 Å². The first-order valence-corrected chi connectivity index (χ1v) is 10.4. The molecule has 2 aromatic heterocycles. The van der Waals surface area contributed by atoms with E-state index in [1.54, 1.807) is 12.1 Å². The van der Waals surface area contributed by atoms with E-state index >= 15 is 0 Å². The second-order valence-electron chi connectivity index (χ2n) is 7.87. The Labute approximate surface area is 173 Å². The lowest BCUT2D eigenvalue weighted by atomic mass is 9.90. The predicted molar refractivity (Wildman–Crippen MR) is 115 cm³/mol. The first kappa shape index (κ1) is 18.8. The Morgan fingerprint density at radius 3 is 2.57 bits per heavy atom. The topological polar surface area (TPSA) is 78.5 Å². The maximum absolute atomic E-state index is 13.4. The Balaban J connectivity index is 1.53. The van der Waals surface area contributed by atoms with Crippen molar-refractivity contribution < 1.29 is 4.39 Å². The lowest BCUT2D eigenvalue weighted by Gasteiger charge is -2.22. The quantitative estimate of drug-likeness (QED) is 0.476. The molecule has 5 rings (SSSR count). The monoisotopic (exact) mass is 405 g/mol. The molecule has 3 heterocycles. The van der Waals surface area contributed by atoms with Crippen molar-refractivity contribution in [3.63, 3.8) is 0 Å². The van der Waals surface area contributed by atoms with Crippen molar-refractivity contribution in [2.24, 2.45) is 0 Å². The Hall–Kier alpha value is -3.19. The number of imidazole rings is 1. The van der Waals surface area contributed by atoms with Crippen LogP contribution in [0.25, 0.3) is 17.0 Å². The highest BCUT2D eigenvalue weighted by atomic mass is 19.1. The van der Waals surface area contributed by atoms with E-state index in [1.165, 1.54) is 16.8 Å². The van der Waals surface area contributed by atoms with Crippen LogP contribution in [0.2, 0.25) is 0 Å². The van der Waals surface area contributed by atoms with Crippen LogP contribution in [0.5, 0.6) is 0 Å². The van der Waals surface area contributed by atoms with Crippen LogP contribution in [0, 0.1) is 5.82 Å². The van der Waals surface area contributed by atoms with Crippen molar-refractivity contribution in [3.8, 4) is 5.95 Å². The maximum atomic E-state index is 13.4. The van der Waals surface area contributed by atoms with E-state index in [2.05, 4.69) is 20.4 Å². The van der Waals surface area contributed by atoms with Crippen molar-refractivity contribution in [2.45, 2.75) is 31.6 Å². The van der Waals surface area contributed by atoms with Gasteiger partial charge in [0.15, 0.2) is 0 Å². The molecule has 1 fully saturated rings. The standard InChI is InChI=1S/C23H24FN5O/c24-17-8-5-15(6-9-17)7-10-18-21(16-11-13-25-14-12-16)28-29(22(18)30)23-26-19-3-1-2-4-20(19)27-23/h1-6,8-9,16,25,28H,7,10-14H2,(H,26,27). The molecule has 0 atom stereocenters. The van der Waals surface area contributed by atoms with Crippen molar-refractivity contribution in [1.29, 1.82) is 0 Å². The maximum Gasteiger partial charge on any atom is 0.277 e. The highest BCUT2D eigenvalue weighted by Gasteiger charge is 2.25. The van der Waals surface area contributed by atoms with Gasteiger partial charge in [-0.3, -0.25) is 9.89 Å². The second-order valence-corrected chi connectivity index (χ2v) is 7.87.